The molecule has 0 spiro atoms. The number of nitrogens with zero attached hydrogens (tertiary/aromatic N) is 1. The van der Waals surface area contributed by atoms with Crippen LogP contribution in [0.1, 0.15) is 44.1 Å². The van der Waals surface area contributed by atoms with Gasteiger partial charge >= 0.3 is 0 Å². The SMILES string of the molecule is N#C/C(F)=C/C=C/CC[C@H]1CC[C@H](OCc2ccc(F)c(F)c2)CC1. The Bertz CT molecular complexity index is 655. The third-order valence-corrected chi connectivity index (χ3v) is 4.49. The summed E-state index contributed by atoms with van der Waals surface area (Å²) in [4.78, 5) is 0. The molecule has 0 radical (unpaired) electrons. The van der Waals surface area contributed by atoms with Gasteiger partial charge in [-0.3, -0.25) is 0 Å². The first-order chi connectivity index (χ1) is 12.1. The molecule has 134 valence electrons. The Labute approximate surface area is 146 Å². The molecule has 1 saturated carbocycles. The summed E-state index contributed by atoms with van der Waals surface area (Å²) < 4.78 is 44.4. The predicted molar refractivity (Wildman–Crippen MR) is 90.1 cm³/mol. The third-order valence-electron chi connectivity index (χ3n) is 4.49. The molecule has 0 unspecified atom stereocenters. The highest BCUT2D eigenvalue weighted by molar-refractivity contribution is 5.18. The second kappa shape index (κ2) is 10.0. The fourth-order valence-electron chi connectivity index (χ4n) is 3.05. The van der Waals surface area contributed by atoms with Gasteiger partial charge in [-0.2, -0.15) is 9.65 Å². The monoisotopic (exact) mass is 349 g/mol. The average molecular weight is 349 g/mol. The molecule has 0 aromatic heterocycles. The van der Waals surface area contributed by atoms with Crippen molar-refractivity contribution in [3.05, 3.63) is 59.5 Å². The van der Waals surface area contributed by atoms with Crippen molar-refractivity contribution in [2.75, 3.05) is 0 Å². The number of benzene rings is 1. The van der Waals surface area contributed by atoms with Gasteiger partial charge in [0.25, 0.3) is 0 Å². The summed E-state index contributed by atoms with van der Waals surface area (Å²) in [5.41, 5.74) is 0.642. The normalized spacial score (nSPS) is 21.4. The molecular weight excluding hydrogens is 327 g/mol. The summed E-state index contributed by atoms with van der Waals surface area (Å²) in [6, 6.07) is 5.27. The quantitative estimate of drug-likeness (QED) is 0.463. The van der Waals surface area contributed by atoms with Crippen LogP contribution in [0.15, 0.2) is 42.3 Å². The molecule has 0 heterocycles. The lowest BCUT2D eigenvalue weighted by atomic mass is 9.84. The molecule has 0 amide bonds. The minimum atomic E-state index is -0.845. The molecular formula is C20H22F3NO. The van der Waals surface area contributed by atoms with E-state index in [2.05, 4.69) is 0 Å². The van der Waals surface area contributed by atoms with Crippen LogP contribution in [0.5, 0.6) is 0 Å². The van der Waals surface area contributed by atoms with Crippen LogP contribution in [0.4, 0.5) is 13.2 Å². The zero-order valence-electron chi connectivity index (χ0n) is 14.1. The van der Waals surface area contributed by atoms with Gasteiger partial charge in [-0.25, -0.2) is 8.78 Å². The molecule has 1 fully saturated rings. The van der Waals surface area contributed by atoms with Crippen LogP contribution in [0.3, 0.4) is 0 Å². The highest BCUT2D eigenvalue weighted by Gasteiger charge is 2.21. The van der Waals surface area contributed by atoms with Gasteiger partial charge in [0.2, 0.25) is 0 Å². The zero-order valence-corrected chi connectivity index (χ0v) is 14.1. The Hall–Kier alpha value is -2.06. The van der Waals surface area contributed by atoms with E-state index in [-0.39, 0.29) is 6.10 Å². The van der Waals surface area contributed by atoms with Crippen LogP contribution in [0, 0.1) is 28.9 Å². The second-order valence-corrected chi connectivity index (χ2v) is 6.33. The van der Waals surface area contributed by atoms with Crippen molar-refractivity contribution >= 4 is 0 Å². The van der Waals surface area contributed by atoms with Crippen molar-refractivity contribution in [2.24, 2.45) is 5.92 Å². The molecule has 2 rings (SSSR count). The Balaban J connectivity index is 1.64. The van der Waals surface area contributed by atoms with E-state index in [4.69, 9.17) is 10.00 Å². The van der Waals surface area contributed by atoms with Crippen LogP contribution in [0.25, 0.3) is 0 Å². The average Bonchev–Trinajstić information content (AvgIpc) is 2.63. The topological polar surface area (TPSA) is 33.0 Å². The summed E-state index contributed by atoms with van der Waals surface area (Å²) in [6.45, 7) is 0.298. The van der Waals surface area contributed by atoms with Gasteiger partial charge in [-0.1, -0.05) is 18.2 Å². The van der Waals surface area contributed by atoms with Crippen LogP contribution in [-0.2, 0) is 11.3 Å². The lowest BCUT2D eigenvalue weighted by Gasteiger charge is -2.28. The van der Waals surface area contributed by atoms with E-state index in [1.807, 2.05) is 6.08 Å². The van der Waals surface area contributed by atoms with Crippen molar-refractivity contribution in [1.29, 1.82) is 5.26 Å². The number of hydrogen-bond donors (Lipinski definition) is 0. The first-order valence-electron chi connectivity index (χ1n) is 8.56. The number of allylic oxidation sites excluding steroid dienone is 4. The number of hydrogen-bond acceptors (Lipinski definition) is 2. The summed E-state index contributed by atoms with van der Waals surface area (Å²) in [5, 5.41) is 8.29. The molecule has 1 aromatic carbocycles. The molecule has 2 nitrogen and oxygen atoms in total. The van der Waals surface area contributed by atoms with Gasteiger partial charge in [-0.05, 0) is 68.2 Å². The minimum Gasteiger partial charge on any atom is -0.374 e. The molecule has 1 aliphatic carbocycles. The molecule has 25 heavy (non-hydrogen) atoms. The predicted octanol–water partition coefficient (Wildman–Crippen LogP) is 5.75. The van der Waals surface area contributed by atoms with E-state index in [1.54, 1.807) is 12.1 Å². The molecule has 0 atom stereocenters. The fraction of sp³-hybridized carbons (Fsp3) is 0.450. The first-order valence-corrected chi connectivity index (χ1v) is 8.56. The summed E-state index contributed by atoms with van der Waals surface area (Å²) in [7, 11) is 0. The molecule has 0 aliphatic heterocycles. The van der Waals surface area contributed by atoms with E-state index in [0.717, 1.165) is 44.6 Å². The van der Waals surface area contributed by atoms with Crippen molar-refractivity contribution in [3.8, 4) is 6.07 Å². The Morgan fingerprint density at radius 3 is 2.64 bits per heavy atom. The highest BCUT2D eigenvalue weighted by Crippen LogP contribution is 2.30. The van der Waals surface area contributed by atoms with Crippen molar-refractivity contribution in [1.82, 2.24) is 0 Å². The summed E-state index contributed by atoms with van der Waals surface area (Å²) in [6.07, 6.45) is 10.7. The molecule has 0 saturated heterocycles. The fourth-order valence-corrected chi connectivity index (χ4v) is 3.05. The van der Waals surface area contributed by atoms with Crippen LogP contribution >= 0.6 is 0 Å². The summed E-state index contributed by atoms with van der Waals surface area (Å²) >= 11 is 0. The van der Waals surface area contributed by atoms with Crippen molar-refractivity contribution in [2.45, 2.75) is 51.2 Å². The minimum absolute atomic E-state index is 0.160. The molecule has 1 aromatic rings. The van der Waals surface area contributed by atoms with Crippen LogP contribution in [0.2, 0.25) is 0 Å². The number of ether oxygens (including phenoxy) is 1. The largest absolute Gasteiger partial charge is 0.374 e. The van der Waals surface area contributed by atoms with E-state index in [9.17, 15) is 13.2 Å². The second-order valence-electron chi connectivity index (χ2n) is 6.33. The molecule has 1 aliphatic rings. The molecule has 0 bridgehead atoms. The molecule has 0 N–H and O–H groups in total. The van der Waals surface area contributed by atoms with Gasteiger partial charge in [0.05, 0.1) is 12.7 Å². The molecule has 5 heteroatoms. The first kappa shape index (κ1) is 19.3. The summed E-state index contributed by atoms with van der Waals surface area (Å²) in [5.74, 6) is -1.85. The Morgan fingerprint density at radius 2 is 1.96 bits per heavy atom. The standard InChI is InChI=1S/C20H22F3NO/c21-17(13-24)5-3-1-2-4-15-6-9-18(10-7-15)25-14-16-8-11-19(22)20(23)12-16/h1,3,5,8,11-12,15,18H,2,4,6-7,9-10,14H2/b3-1+,17-5-/t15-,18-. The van der Waals surface area contributed by atoms with E-state index < -0.39 is 17.5 Å². The number of halogens is 3. The Kier molecular flexibility index (Phi) is 7.75. The zero-order chi connectivity index (χ0) is 18.1. The van der Waals surface area contributed by atoms with E-state index in [1.165, 1.54) is 18.2 Å². The maximum atomic E-state index is 13.2. The van der Waals surface area contributed by atoms with Gasteiger partial charge in [0.15, 0.2) is 17.5 Å². The third kappa shape index (κ3) is 6.75. The van der Waals surface area contributed by atoms with Gasteiger partial charge in [0.1, 0.15) is 6.07 Å². The van der Waals surface area contributed by atoms with E-state index >= 15 is 0 Å². The highest BCUT2D eigenvalue weighted by atomic mass is 19.2. The number of rotatable bonds is 7. The maximum Gasteiger partial charge on any atom is 0.199 e. The lowest BCUT2D eigenvalue weighted by molar-refractivity contribution is 0.00634. The number of nitriles is 1. The Morgan fingerprint density at radius 1 is 1.20 bits per heavy atom. The van der Waals surface area contributed by atoms with E-state index in [0.29, 0.717) is 18.1 Å². The van der Waals surface area contributed by atoms with Crippen molar-refractivity contribution < 1.29 is 17.9 Å². The van der Waals surface area contributed by atoms with Crippen LogP contribution < -0.4 is 0 Å². The smallest absolute Gasteiger partial charge is 0.199 e. The van der Waals surface area contributed by atoms with Gasteiger partial charge < -0.3 is 4.74 Å². The van der Waals surface area contributed by atoms with Crippen LogP contribution in [-0.4, -0.2) is 6.10 Å². The maximum absolute atomic E-state index is 13.2. The van der Waals surface area contributed by atoms with Crippen molar-refractivity contribution in [3.63, 3.8) is 0 Å². The van der Waals surface area contributed by atoms with Gasteiger partial charge in [-0.15, -0.1) is 0 Å². The lowest BCUT2D eigenvalue weighted by Crippen LogP contribution is -2.21. The van der Waals surface area contributed by atoms with Gasteiger partial charge in [0, 0.05) is 0 Å².